The predicted octanol–water partition coefficient (Wildman–Crippen LogP) is 3.13. The van der Waals surface area contributed by atoms with Gasteiger partial charge in [0.1, 0.15) is 5.58 Å². The summed E-state index contributed by atoms with van der Waals surface area (Å²) in [6, 6.07) is 4.14. The molecule has 0 aliphatic carbocycles. The number of hydrogen-bond donors (Lipinski definition) is 2. The molecule has 1 saturated heterocycles. The topological polar surface area (TPSA) is 54.3 Å². The van der Waals surface area contributed by atoms with Gasteiger partial charge >= 0.3 is 0 Å². The maximum atomic E-state index is 12.2. The summed E-state index contributed by atoms with van der Waals surface area (Å²) < 4.78 is 5.67. The van der Waals surface area contributed by atoms with Crippen molar-refractivity contribution in [2.24, 2.45) is 5.92 Å². The number of hydrogen-bond acceptors (Lipinski definition) is 3. The third-order valence-electron chi connectivity index (χ3n) is 4.68. The van der Waals surface area contributed by atoms with Crippen LogP contribution in [0.5, 0.6) is 0 Å². The van der Waals surface area contributed by atoms with Crippen molar-refractivity contribution in [3.05, 3.63) is 35.1 Å². The van der Waals surface area contributed by atoms with Crippen molar-refractivity contribution in [1.29, 1.82) is 0 Å². The summed E-state index contributed by atoms with van der Waals surface area (Å²) in [6.45, 7) is 7.00. The van der Waals surface area contributed by atoms with Crippen LogP contribution in [0.1, 0.15) is 29.5 Å². The Morgan fingerprint density at radius 2 is 2.22 bits per heavy atom. The molecule has 0 saturated carbocycles. The van der Waals surface area contributed by atoms with Gasteiger partial charge in [-0.25, -0.2) is 0 Å². The molecule has 1 aromatic carbocycles. The van der Waals surface area contributed by atoms with Crippen LogP contribution in [-0.4, -0.2) is 25.5 Å². The number of aryl methyl sites for hydroxylation is 2. The van der Waals surface area contributed by atoms with Crippen LogP contribution in [0.15, 0.2) is 22.8 Å². The minimum atomic E-state index is 0. The number of amides is 1. The normalized spacial score (nSPS) is 17.7. The van der Waals surface area contributed by atoms with Crippen molar-refractivity contribution in [3.63, 3.8) is 0 Å². The summed E-state index contributed by atoms with van der Waals surface area (Å²) in [4.78, 5) is 12.2. The molecule has 1 fully saturated rings. The van der Waals surface area contributed by atoms with Crippen LogP contribution in [0.25, 0.3) is 11.0 Å². The van der Waals surface area contributed by atoms with E-state index in [-0.39, 0.29) is 18.3 Å². The van der Waals surface area contributed by atoms with Gasteiger partial charge < -0.3 is 15.1 Å². The molecule has 4 nitrogen and oxygen atoms in total. The molecule has 5 heteroatoms. The second-order valence-corrected chi connectivity index (χ2v) is 6.34. The van der Waals surface area contributed by atoms with Gasteiger partial charge in [0.05, 0.1) is 12.7 Å². The number of carbonyl (C=O) groups is 1. The van der Waals surface area contributed by atoms with Crippen molar-refractivity contribution in [1.82, 2.24) is 10.6 Å². The summed E-state index contributed by atoms with van der Waals surface area (Å²) in [5.41, 5.74) is 4.23. The highest BCUT2D eigenvalue weighted by Crippen LogP contribution is 2.26. The van der Waals surface area contributed by atoms with Gasteiger partial charge in [0, 0.05) is 17.5 Å². The quantitative estimate of drug-likeness (QED) is 0.902. The molecule has 0 spiro atoms. The smallest absolute Gasteiger partial charge is 0.224 e. The number of benzene rings is 1. The summed E-state index contributed by atoms with van der Waals surface area (Å²) >= 11 is 0. The number of piperidine rings is 1. The highest BCUT2D eigenvalue weighted by Gasteiger charge is 2.16. The Bertz CT molecular complexity index is 675. The van der Waals surface area contributed by atoms with Gasteiger partial charge in [0.15, 0.2) is 0 Å². The lowest BCUT2D eigenvalue weighted by Crippen LogP contribution is -2.38. The van der Waals surface area contributed by atoms with Crippen molar-refractivity contribution >= 4 is 29.3 Å². The largest absolute Gasteiger partial charge is 0.464 e. The number of furan rings is 1. The molecule has 1 atom stereocenters. The number of nitrogens with one attached hydrogen (secondary N) is 2. The van der Waals surface area contributed by atoms with Crippen LogP contribution in [0.2, 0.25) is 0 Å². The molecule has 1 aromatic heterocycles. The summed E-state index contributed by atoms with van der Waals surface area (Å²) in [5, 5.41) is 7.49. The maximum absolute atomic E-state index is 12.2. The molecule has 2 aromatic rings. The molecule has 1 aliphatic rings. The number of fused-ring (bicyclic) bond motifs is 1. The van der Waals surface area contributed by atoms with E-state index in [1.165, 1.54) is 18.4 Å². The van der Waals surface area contributed by atoms with E-state index in [0.717, 1.165) is 41.7 Å². The molecule has 2 N–H and O–H groups in total. The van der Waals surface area contributed by atoms with Crippen LogP contribution >= 0.6 is 12.4 Å². The van der Waals surface area contributed by atoms with Gasteiger partial charge in [-0.2, -0.15) is 0 Å². The van der Waals surface area contributed by atoms with Gasteiger partial charge in [0.25, 0.3) is 0 Å². The minimum Gasteiger partial charge on any atom is -0.464 e. The average Bonchev–Trinajstić information content (AvgIpc) is 2.93. The minimum absolute atomic E-state index is 0. The molecule has 23 heavy (non-hydrogen) atoms. The first kappa shape index (κ1) is 17.8. The Morgan fingerprint density at radius 3 is 2.96 bits per heavy atom. The van der Waals surface area contributed by atoms with E-state index in [1.54, 1.807) is 6.26 Å². The molecule has 0 bridgehead atoms. The SMILES string of the molecule is Cc1ccc2c(CC(=O)NCC3CCCNC3)coc2c1C.Cl. The van der Waals surface area contributed by atoms with Crippen LogP contribution in [0, 0.1) is 19.8 Å². The second-order valence-electron chi connectivity index (χ2n) is 6.34. The average molecular weight is 337 g/mol. The summed E-state index contributed by atoms with van der Waals surface area (Å²) in [6.07, 6.45) is 4.50. The van der Waals surface area contributed by atoms with E-state index in [1.807, 2.05) is 0 Å². The Balaban J connectivity index is 0.00000192. The molecule has 0 radical (unpaired) electrons. The van der Waals surface area contributed by atoms with E-state index < -0.39 is 0 Å². The van der Waals surface area contributed by atoms with Gasteiger partial charge in [-0.1, -0.05) is 12.1 Å². The van der Waals surface area contributed by atoms with E-state index in [2.05, 4.69) is 36.6 Å². The van der Waals surface area contributed by atoms with Crippen LogP contribution in [0.3, 0.4) is 0 Å². The fraction of sp³-hybridized carbons (Fsp3) is 0.500. The van der Waals surface area contributed by atoms with Gasteiger partial charge in [-0.05, 0) is 56.8 Å². The standard InChI is InChI=1S/C18H24N2O2.ClH/c1-12-5-6-16-15(11-22-18(16)13(12)2)8-17(21)20-10-14-4-3-7-19-9-14;/h5-6,11,14,19H,3-4,7-10H2,1-2H3,(H,20,21);1H. The van der Waals surface area contributed by atoms with Crippen molar-refractivity contribution < 1.29 is 9.21 Å². The lowest BCUT2D eigenvalue weighted by atomic mass is 9.99. The number of rotatable bonds is 4. The molecule has 126 valence electrons. The third-order valence-corrected chi connectivity index (χ3v) is 4.68. The fourth-order valence-corrected chi connectivity index (χ4v) is 3.12. The zero-order valence-corrected chi connectivity index (χ0v) is 14.6. The van der Waals surface area contributed by atoms with Crippen LogP contribution in [-0.2, 0) is 11.2 Å². The van der Waals surface area contributed by atoms with Crippen molar-refractivity contribution in [2.75, 3.05) is 19.6 Å². The Kier molecular flexibility index (Phi) is 6.08. The van der Waals surface area contributed by atoms with Gasteiger partial charge in [-0.3, -0.25) is 4.79 Å². The fourth-order valence-electron chi connectivity index (χ4n) is 3.12. The highest BCUT2D eigenvalue weighted by molar-refractivity contribution is 5.89. The Morgan fingerprint density at radius 1 is 1.39 bits per heavy atom. The molecule has 3 rings (SSSR count). The van der Waals surface area contributed by atoms with E-state index in [9.17, 15) is 4.79 Å². The molecular formula is C18H25ClN2O2. The Labute approximate surface area is 143 Å². The highest BCUT2D eigenvalue weighted by atomic mass is 35.5. The maximum Gasteiger partial charge on any atom is 0.224 e. The van der Waals surface area contributed by atoms with Gasteiger partial charge in [0.2, 0.25) is 5.91 Å². The monoisotopic (exact) mass is 336 g/mol. The first-order valence-corrected chi connectivity index (χ1v) is 8.09. The second kappa shape index (κ2) is 7.84. The molecule has 1 amide bonds. The first-order chi connectivity index (χ1) is 10.6. The Hall–Kier alpha value is -1.52. The number of halogens is 1. The predicted molar refractivity (Wildman–Crippen MR) is 95.2 cm³/mol. The zero-order valence-electron chi connectivity index (χ0n) is 13.8. The third kappa shape index (κ3) is 4.06. The molecular weight excluding hydrogens is 312 g/mol. The summed E-state index contributed by atoms with van der Waals surface area (Å²) in [7, 11) is 0. The van der Waals surface area contributed by atoms with Crippen molar-refractivity contribution in [3.8, 4) is 0 Å². The zero-order chi connectivity index (χ0) is 15.5. The molecule has 1 aliphatic heterocycles. The number of carbonyl (C=O) groups excluding carboxylic acids is 1. The molecule has 2 heterocycles. The van der Waals surface area contributed by atoms with E-state index >= 15 is 0 Å². The van der Waals surface area contributed by atoms with E-state index in [4.69, 9.17) is 4.42 Å². The lowest BCUT2D eigenvalue weighted by molar-refractivity contribution is -0.120. The summed E-state index contributed by atoms with van der Waals surface area (Å²) in [5.74, 6) is 0.634. The van der Waals surface area contributed by atoms with Crippen LogP contribution < -0.4 is 10.6 Å². The lowest BCUT2D eigenvalue weighted by Gasteiger charge is -2.22. The van der Waals surface area contributed by atoms with Crippen molar-refractivity contribution in [2.45, 2.75) is 33.1 Å². The first-order valence-electron chi connectivity index (χ1n) is 8.09. The van der Waals surface area contributed by atoms with Crippen LogP contribution in [0.4, 0.5) is 0 Å². The molecule has 1 unspecified atom stereocenters. The van der Waals surface area contributed by atoms with E-state index in [0.29, 0.717) is 12.3 Å². The van der Waals surface area contributed by atoms with Gasteiger partial charge in [-0.15, -0.1) is 12.4 Å².